The maximum atomic E-state index is 11.2. The van der Waals surface area contributed by atoms with Gasteiger partial charge in [0.25, 0.3) is 0 Å². The average molecular weight is 254 g/mol. The molecule has 0 radical (unpaired) electrons. The first kappa shape index (κ1) is 13.8. The van der Waals surface area contributed by atoms with Gasteiger partial charge in [-0.1, -0.05) is 6.42 Å². The molecule has 0 aromatic rings. The molecule has 0 aliphatic carbocycles. The van der Waals surface area contributed by atoms with Crippen molar-refractivity contribution >= 4 is 5.97 Å². The lowest BCUT2D eigenvalue weighted by atomic mass is 9.97. The summed E-state index contributed by atoms with van der Waals surface area (Å²) in [6.07, 6.45) is 5.74. The smallest absolute Gasteiger partial charge is 0.320 e. The van der Waals surface area contributed by atoms with Crippen LogP contribution in [0.1, 0.15) is 46.0 Å². The van der Waals surface area contributed by atoms with Crippen molar-refractivity contribution in [3.8, 4) is 0 Å². The number of rotatable bonds is 4. The molecule has 2 heterocycles. The molecule has 0 saturated carbocycles. The van der Waals surface area contributed by atoms with Gasteiger partial charge in [0, 0.05) is 12.1 Å². The summed E-state index contributed by atoms with van der Waals surface area (Å²) in [5.74, 6) is -0.651. The maximum Gasteiger partial charge on any atom is 0.320 e. The van der Waals surface area contributed by atoms with E-state index in [1.165, 1.54) is 32.4 Å². The Balaban J connectivity index is 1.95. The second-order valence-corrected chi connectivity index (χ2v) is 6.33. The number of piperidine rings is 1. The van der Waals surface area contributed by atoms with Crippen molar-refractivity contribution in [3.05, 3.63) is 0 Å². The number of hydrogen-bond donors (Lipinski definition) is 1. The zero-order valence-corrected chi connectivity index (χ0v) is 11.7. The molecule has 18 heavy (non-hydrogen) atoms. The Bertz CT molecular complexity index is 298. The molecule has 2 saturated heterocycles. The molecule has 4 nitrogen and oxygen atoms in total. The van der Waals surface area contributed by atoms with Crippen LogP contribution in [0.4, 0.5) is 0 Å². The average Bonchev–Trinajstić information content (AvgIpc) is 2.78. The fourth-order valence-electron chi connectivity index (χ4n) is 3.39. The molecular formula is C14H26N2O2. The lowest BCUT2D eigenvalue weighted by molar-refractivity contribution is -0.142. The summed E-state index contributed by atoms with van der Waals surface area (Å²) in [7, 11) is 0. The predicted molar refractivity (Wildman–Crippen MR) is 71.7 cm³/mol. The predicted octanol–water partition coefficient (Wildman–Crippen LogP) is 1.80. The molecule has 4 heteroatoms. The van der Waals surface area contributed by atoms with E-state index in [0.29, 0.717) is 0 Å². The Hall–Kier alpha value is -0.610. The van der Waals surface area contributed by atoms with Crippen molar-refractivity contribution in [1.29, 1.82) is 0 Å². The zero-order valence-electron chi connectivity index (χ0n) is 11.7. The second-order valence-electron chi connectivity index (χ2n) is 6.33. The molecule has 0 bridgehead atoms. The lowest BCUT2D eigenvalue weighted by Crippen LogP contribution is -2.55. The van der Waals surface area contributed by atoms with Gasteiger partial charge in [0.1, 0.15) is 6.04 Å². The van der Waals surface area contributed by atoms with Gasteiger partial charge in [-0.25, -0.2) is 0 Å². The monoisotopic (exact) mass is 254 g/mol. The largest absolute Gasteiger partial charge is 0.480 e. The van der Waals surface area contributed by atoms with Crippen LogP contribution in [0.2, 0.25) is 0 Å². The Labute approximate surface area is 110 Å². The van der Waals surface area contributed by atoms with Crippen LogP contribution in [0.15, 0.2) is 0 Å². The van der Waals surface area contributed by atoms with E-state index in [0.717, 1.165) is 25.9 Å². The molecule has 0 spiro atoms. The van der Waals surface area contributed by atoms with Crippen LogP contribution in [0.5, 0.6) is 0 Å². The highest BCUT2D eigenvalue weighted by Crippen LogP contribution is 2.25. The van der Waals surface area contributed by atoms with Gasteiger partial charge in [-0.15, -0.1) is 0 Å². The molecule has 104 valence electrons. The lowest BCUT2D eigenvalue weighted by Gasteiger charge is -2.43. The summed E-state index contributed by atoms with van der Waals surface area (Å²) >= 11 is 0. The standard InChI is InChI=1S/C14H26N2O2/c1-14(2,16-9-4-3-5-10-16)11-15-8-6-7-12(15)13(17)18/h12H,3-11H2,1-2H3,(H,17,18)/t12-/m1/s1. The third-order valence-electron chi connectivity index (χ3n) is 4.45. The first-order valence-electron chi connectivity index (χ1n) is 7.22. The van der Waals surface area contributed by atoms with Gasteiger partial charge in [0.15, 0.2) is 0 Å². The molecule has 2 aliphatic heterocycles. The number of hydrogen-bond acceptors (Lipinski definition) is 3. The van der Waals surface area contributed by atoms with E-state index in [1.54, 1.807) is 0 Å². The molecule has 2 fully saturated rings. The van der Waals surface area contributed by atoms with Crippen LogP contribution < -0.4 is 0 Å². The van der Waals surface area contributed by atoms with E-state index in [9.17, 15) is 9.90 Å². The summed E-state index contributed by atoms with van der Waals surface area (Å²) in [4.78, 5) is 15.9. The highest BCUT2D eigenvalue weighted by atomic mass is 16.4. The summed E-state index contributed by atoms with van der Waals surface area (Å²) in [5, 5.41) is 9.24. The fourth-order valence-corrected chi connectivity index (χ4v) is 3.39. The van der Waals surface area contributed by atoms with E-state index < -0.39 is 5.97 Å². The van der Waals surface area contributed by atoms with Crippen LogP contribution >= 0.6 is 0 Å². The molecule has 1 N–H and O–H groups in total. The molecule has 0 aromatic carbocycles. The van der Waals surface area contributed by atoms with E-state index >= 15 is 0 Å². The van der Waals surface area contributed by atoms with Crippen LogP contribution in [0.3, 0.4) is 0 Å². The number of nitrogens with zero attached hydrogens (tertiary/aromatic N) is 2. The van der Waals surface area contributed by atoms with Crippen molar-refractivity contribution in [1.82, 2.24) is 9.80 Å². The molecular weight excluding hydrogens is 228 g/mol. The third-order valence-corrected chi connectivity index (χ3v) is 4.45. The van der Waals surface area contributed by atoms with Gasteiger partial charge in [-0.05, 0) is 59.2 Å². The van der Waals surface area contributed by atoms with E-state index in [-0.39, 0.29) is 11.6 Å². The number of aliphatic carboxylic acids is 1. The SMILES string of the molecule is CC(C)(CN1CCC[C@@H]1C(=O)O)N1CCCCC1. The molecule has 2 rings (SSSR count). The second kappa shape index (κ2) is 5.57. The number of carboxylic acids is 1. The maximum absolute atomic E-state index is 11.2. The van der Waals surface area contributed by atoms with Gasteiger partial charge in [0.05, 0.1) is 0 Å². The van der Waals surface area contributed by atoms with E-state index in [1.807, 2.05) is 0 Å². The fraction of sp³-hybridized carbons (Fsp3) is 0.929. The highest BCUT2D eigenvalue weighted by molar-refractivity contribution is 5.73. The first-order chi connectivity index (χ1) is 8.50. The van der Waals surface area contributed by atoms with Crippen molar-refractivity contribution in [2.45, 2.75) is 57.5 Å². The summed E-state index contributed by atoms with van der Waals surface area (Å²) in [5.41, 5.74) is 0.0957. The van der Waals surface area contributed by atoms with Crippen molar-refractivity contribution in [3.63, 3.8) is 0 Å². The summed E-state index contributed by atoms with van der Waals surface area (Å²) in [6, 6.07) is -0.255. The minimum absolute atomic E-state index is 0.0957. The first-order valence-corrected chi connectivity index (χ1v) is 7.22. The van der Waals surface area contributed by atoms with Crippen molar-refractivity contribution in [2.75, 3.05) is 26.2 Å². The minimum Gasteiger partial charge on any atom is -0.480 e. The van der Waals surface area contributed by atoms with Crippen LogP contribution in [-0.4, -0.2) is 58.6 Å². The molecule has 0 amide bonds. The Morgan fingerprint density at radius 3 is 2.44 bits per heavy atom. The third kappa shape index (κ3) is 3.04. The Kier molecular flexibility index (Phi) is 4.28. The van der Waals surface area contributed by atoms with Gasteiger partial charge in [-0.3, -0.25) is 14.6 Å². The quantitative estimate of drug-likeness (QED) is 0.831. The molecule has 0 unspecified atom stereocenters. The summed E-state index contributed by atoms with van der Waals surface area (Å²) < 4.78 is 0. The van der Waals surface area contributed by atoms with Gasteiger partial charge in [0.2, 0.25) is 0 Å². The van der Waals surface area contributed by atoms with Crippen LogP contribution in [0, 0.1) is 0 Å². The Morgan fingerprint density at radius 1 is 1.17 bits per heavy atom. The van der Waals surface area contributed by atoms with Gasteiger partial charge < -0.3 is 5.11 Å². The normalized spacial score (nSPS) is 27.6. The van der Waals surface area contributed by atoms with Crippen molar-refractivity contribution < 1.29 is 9.90 Å². The van der Waals surface area contributed by atoms with Crippen LogP contribution in [0.25, 0.3) is 0 Å². The van der Waals surface area contributed by atoms with E-state index in [4.69, 9.17) is 0 Å². The van der Waals surface area contributed by atoms with Gasteiger partial charge >= 0.3 is 5.97 Å². The molecule has 1 atom stereocenters. The summed E-state index contributed by atoms with van der Waals surface area (Å²) in [6.45, 7) is 8.67. The van der Waals surface area contributed by atoms with E-state index in [2.05, 4.69) is 23.6 Å². The number of carbonyl (C=O) groups is 1. The van der Waals surface area contributed by atoms with Gasteiger partial charge in [-0.2, -0.15) is 0 Å². The Morgan fingerprint density at radius 2 is 1.83 bits per heavy atom. The van der Waals surface area contributed by atoms with Crippen molar-refractivity contribution in [2.24, 2.45) is 0 Å². The van der Waals surface area contributed by atoms with Crippen LogP contribution in [-0.2, 0) is 4.79 Å². The molecule has 2 aliphatic rings. The number of likely N-dealkylation sites (tertiary alicyclic amines) is 2. The highest BCUT2D eigenvalue weighted by Gasteiger charge is 2.36. The number of carboxylic acid groups (broad SMARTS) is 1. The minimum atomic E-state index is -0.651. The zero-order chi connectivity index (χ0) is 13.2. The topological polar surface area (TPSA) is 43.8 Å². The molecule has 0 aromatic heterocycles.